The maximum Gasteiger partial charge on any atom is 0.241 e. The molecule has 104 valence electrons. The van der Waals surface area contributed by atoms with Crippen molar-refractivity contribution in [2.24, 2.45) is 0 Å². The van der Waals surface area contributed by atoms with Crippen LogP contribution in [0.15, 0.2) is 35.0 Å². The van der Waals surface area contributed by atoms with Crippen molar-refractivity contribution >= 4 is 17.5 Å². The van der Waals surface area contributed by atoms with Gasteiger partial charge >= 0.3 is 0 Å². The number of rotatable bonds is 2. The quantitative estimate of drug-likeness (QED) is 0.889. The lowest BCUT2D eigenvalue weighted by atomic mass is 10.1. The number of amides is 1. The first-order valence-electron chi connectivity index (χ1n) is 6.44. The zero-order valence-electron chi connectivity index (χ0n) is 11.2. The van der Waals surface area contributed by atoms with Crippen LogP contribution in [0.4, 0.5) is 11.6 Å². The third kappa shape index (κ3) is 2.25. The molecule has 2 aromatic rings. The van der Waals surface area contributed by atoms with Crippen LogP contribution in [-0.4, -0.2) is 42.6 Å². The Labute approximate surface area is 116 Å². The molecule has 0 atom stereocenters. The zero-order chi connectivity index (χ0) is 14.1. The maximum absolute atomic E-state index is 12.0. The molecule has 1 amide bonds. The van der Waals surface area contributed by atoms with E-state index in [4.69, 9.17) is 10.3 Å². The van der Waals surface area contributed by atoms with Crippen molar-refractivity contribution in [2.45, 2.75) is 0 Å². The van der Waals surface area contributed by atoms with Crippen LogP contribution in [0.2, 0.25) is 0 Å². The predicted octanol–water partition coefficient (Wildman–Crippen LogP) is 1.20. The number of likely N-dealkylation sites (N-methyl/N-ethyl adjacent to an activating group) is 1. The summed E-state index contributed by atoms with van der Waals surface area (Å²) in [6, 6.07) is 7.68. The van der Waals surface area contributed by atoms with Gasteiger partial charge in [0.25, 0.3) is 0 Å². The average molecular weight is 272 g/mol. The number of nitrogens with two attached hydrogens (primary N) is 1. The van der Waals surface area contributed by atoms with Crippen LogP contribution in [0.1, 0.15) is 0 Å². The Hall–Kier alpha value is -2.34. The number of nitrogens with zero attached hydrogens (tertiary/aromatic N) is 3. The third-order valence-electron chi connectivity index (χ3n) is 3.50. The number of benzene rings is 1. The minimum atomic E-state index is 0.121. The fraction of sp³-hybridized carbons (Fsp3) is 0.286. The summed E-state index contributed by atoms with van der Waals surface area (Å²) in [6.45, 7) is 2.05. The molecule has 6 heteroatoms. The van der Waals surface area contributed by atoms with Gasteiger partial charge in [0.15, 0.2) is 0 Å². The van der Waals surface area contributed by atoms with Gasteiger partial charge in [0.2, 0.25) is 11.8 Å². The number of hydrogen-bond acceptors (Lipinski definition) is 5. The first-order valence-corrected chi connectivity index (χ1v) is 6.44. The Kier molecular flexibility index (Phi) is 3.15. The Morgan fingerprint density at radius 2 is 2.00 bits per heavy atom. The van der Waals surface area contributed by atoms with Crippen LogP contribution in [0.5, 0.6) is 0 Å². The molecule has 1 aliphatic heterocycles. The minimum Gasteiger partial charge on any atom is -0.367 e. The van der Waals surface area contributed by atoms with E-state index in [1.165, 1.54) is 0 Å². The first-order chi connectivity index (χ1) is 9.65. The molecule has 1 fully saturated rings. The van der Waals surface area contributed by atoms with Crippen LogP contribution >= 0.6 is 0 Å². The summed E-state index contributed by atoms with van der Waals surface area (Å²) in [5, 5.41) is 3.66. The Morgan fingerprint density at radius 1 is 1.25 bits per heavy atom. The summed E-state index contributed by atoms with van der Waals surface area (Å²) in [5.74, 6) is 0.421. The van der Waals surface area contributed by atoms with E-state index in [-0.39, 0.29) is 5.91 Å². The fourth-order valence-electron chi connectivity index (χ4n) is 2.35. The van der Waals surface area contributed by atoms with Gasteiger partial charge in [0.1, 0.15) is 0 Å². The number of carbonyl (C=O) groups is 1. The number of anilines is 2. The molecule has 3 rings (SSSR count). The number of carbonyl (C=O) groups excluding carboxylic acids is 1. The summed E-state index contributed by atoms with van der Waals surface area (Å²) in [7, 11) is 1.95. The van der Waals surface area contributed by atoms with E-state index in [2.05, 4.69) is 5.16 Å². The lowest BCUT2D eigenvalue weighted by Gasteiger charge is -2.32. The highest BCUT2D eigenvalue weighted by molar-refractivity contribution is 5.95. The van der Waals surface area contributed by atoms with E-state index in [9.17, 15) is 4.79 Å². The van der Waals surface area contributed by atoms with Crippen LogP contribution in [0, 0.1) is 0 Å². The molecule has 0 spiro atoms. The van der Waals surface area contributed by atoms with Gasteiger partial charge in [-0.05, 0) is 24.7 Å². The molecule has 1 aromatic heterocycles. The van der Waals surface area contributed by atoms with Crippen molar-refractivity contribution in [3.63, 3.8) is 0 Å². The molecule has 0 unspecified atom stereocenters. The van der Waals surface area contributed by atoms with Gasteiger partial charge in [-0.25, -0.2) is 0 Å². The van der Waals surface area contributed by atoms with Gasteiger partial charge in [-0.3, -0.25) is 9.69 Å². The molecule has 1 aliphatic rings. The topological polar surface area (TPSA) is 75.6 Å². The molecule has 2 N–H and O–H groups in total. The van der Waals surface area contributed by atoms with Gasteiger partial charge in [-0.2, -0.15) is 0 Å². The smallest absolute Gasteiger partial charge is 0.241 e. The van der Waals surface area contributed by atoms with Crippen molar-refractivity contribution < 1.29 is 9.32 Å². The summed E-state index contributed by atoms with van der Waals surface area (Å²) < 4.78 is 4.85. The van der Waals surface area contributed by atoms with E-state index < -0.39 is 0 Å². The summed E-state index contributed by atoms with van der Waals surface area (Å²) >= 11 is 0. The molecule has 0 radical (unpaired) electrons. The van der Waals surface area contributed by atoms with Gasteiger partial charge in [-0.15, -0.1) is 0 Å². The lowest BCUT2D eigenvalue weighted by molar-refractivity contribution is -0.120. The molecular weight excluding hydrogens is 256 g/mol. The van der Waals surface area contributed by atoms with Crippen molar-refractivity contribution in [1.82, 2.24) is 10.1 Å². The van der Waals surface area contributed by atoms with Crippen molar-refractivity contribution in [3.05, 3.63) is 30.5 Å². The molecule has 0 aliphatic carbocycles. The SMILES string of the molecule is CN1CCN(c2ccc(-c3cnoc3N)cc2)C(=O)C1. The zero-order valence-corrected chi connectivity index (χ0v) is 11.2. The molecule has 1 aromatic carbocycles. The second-order valence-corrected chi connectivity index (χ2v) is 4.93. The van der Waals surface area contributed by atoms with Crippen molar-refractivity contribution in [3.8, 4) is 11.1 Å². The largest absolute Gasteiger partial charge is 0.367 e. The Morgan fingerprint density at radius 3 is 2.60 bits per heavy atom. The van der Waals surface area contributed by atoms with Crippen LogP contribution in [0.3, 0.4) is 0 Å². The maximum atomic E-state index is 12.0. The minimum absolute atomic E-state index is 0.121. The van der Waals surface area contributed by atoms with Crippen LogP contribution in [-0.2, 0) is 4.79 Å². The summed E-state index contributed by atoms with van der Waals surface area (Å²) in [5.41, 5.74) is 8.29. The molecular formula is C14H16N4O2. The highest BCUT2D eigenvalue weighted by Crippen LogP contribution is 2.27. The van der Waals surface area contributed by atoms with Gasteiger partial charge < -0.3 is 15.2 Å². The first kappa shape index (κ1) is 12.7. The Bertz CT molecular complexity index is 620. The monoisotopic (exact) mass is 272 g/mol. The highest BCUT2D eigenvalue weighted by atomic mass is 16.5. The van der Waals surface area contributed by atoms with E-state index in [1.54, 1.807) is 11.1 Å². The molecule has 1 saturated heterocycles. The number of hydrogen-bond donors (Lipinski definition) is 1. The van der Waals surface area contributed by atoms with Gasteiger partial charge in [0.05, 0.1) is 18.3 Å². The molecule has 0 saturated carbocycles. The third-order valence-corrected chi connectivity index (χ3v) is 3.50. The second kappa shape index (κ2) is 4.97. The highest BCUT2D eigenvalue weighted by Gasteiger charge is 2.22. The Balaban J connectivity index is 1.83. The van der Waals surface area contributed by atoms with Crippen LogP contribution < -0.4 is 10.6 Å². The van der Waals surface area contributed by atoms with Gasteiger partial charge in [0, 0.05) is 18.8 Å². The standard InChI is InChI=1S/C14H16N4O2/c1-17-6-7-18(13(19)9-17)11-4-2-10(3-5-11)12-8-16-20-14(12)15/h2-5,8H,6-7,9,15H2,1H3. The average Bonchev–Trinajstić information content (AvgIpc) is 2.85. The fourth-order valence-corrected chi connectivity index (χ4v) is 2.35. The van der Waals surface area contributed by atoms with Crippen LogP contribution in [0.25, 0.3) is 11.1 Å². The van der Waals surface area contributed by atoms with E-state index in [1.807, 2.05) is 36.2 Å². The number of aromatic nitrogens is 1. The van der Waals surface area contributed by atoms with Crippen molar-refractivity contribution in [2.75, 3.05) is 37.3 Å². The molecule has 0 bridgehead atoms. The number of piperazine rings is 1. The second-order valence-electron chi connectivity index (χ2n) is 4.93. The van der Waals surface area contributed by atoms with Gasteiger partial charge in [-0.1, -0.05) is 17.3 Å². The van der Waals surface area contributed by atoms with E-state index >= 15 is 0 Å². The van der Waals surface area contributed by atoms with E-state index in [0.29, 0.717) is 19.0 Å². The predicted molar refractivity (Wildman–Crippen MR) is 76.2 cm³/mol. The molecule has 6 nitrogen and oxygen atoms in total. The lowest BCUT2D eigenvalue weighted by Crippen LogP contribution is -2.48. The normalized spacial score (nSPS) is 16.6. The number of nitrogen functional groups attached to an aromatic ring is 1. The summed E-state index contributed by atoms with van der Waals surface area (Å²) in [4.78, 5) is 15.8. The molecule has 20 heavy (non-hydrogen) atoms. The van der Waals surface area contributed by atoms with E-state index in [0.717, 1.165) is 23.4 Å². The van der Waals surface area contributed by atoms with Crippen molar-refractivity contribution in [1.29, 1.82) is 0 Å². The molecule has 2 heterocycles. The summed E-state index contributed by atoms with van der Waals surface area (Å²) in [6.07, 6.45) is 1.59.